The van der Waals surface area contributed by atoms with Crippen LogP contribution < -0.4 is 5.32 Å². The fourth-order valence-electron chi connectivity index (χ4n) is 0.832. The van der Waals surface area contributed by atoms with Crippen LogP contribution in [0.5, 0.6) is 0 Å². The third-order valence-corrected chi connectivity index (χ3v) is 1.57. The Bertz CT molecular complexity index is 159. The van der Waals surface area contributed by atoms with Crippen LogP contribution in [0.4, 0.5) is 0 Å². The Kier molecular flexibility index (Phi) is 9.58. The molecule has 0 aliphatic carbocycles. The van der Waals surface area contributed by atoms with Gasteiger partial charge in [-0.15, -0.1) is 6.58 Å². The van der Waals surface area contributed by atoms with Crippen molar-refractivity contribution >= 4 is 5.91 Å². The number of hydrogen-bond donors (Lipinski definition) is 1. The summed E-state index contributed by atoms with van der Waals surface area (Å²) < 4.78 is 9.80. The van der Waals surface area contributed by atoms with Gasteiger partial charge < -0.3 is 14.8 Å². The summed E-state index contributed by atoms with van der Waals surface area (Å²) in [6.45, 7) is 5.36. The molecule has 0 saturated carbocycles. The number of unbranched alkanes of at least 4 members (excludes halogenated alkanes) is 1. The number of nitrogens with one attached hydrogen (secondary N) is 1. The molecular formula is C10H19NO3. The molecule has 0 unspecified atom stereocenters. The number of rotatable bonds is 9. The maximum atomic E-state index is 11.1. The van der Waals surface area contributed by atoms with Crippen LogP contribution in [-0.2, 0) is 14.3 Å². The van der Waals surface area contributed by atoms with E-state index in [0.29, 0.717) is 19.8 Å². The predicted molar refractivity (Wildman–Crippen MR) is 55.1 cm³/mol. The molecule has 1 N–H and O–H groups in total. The largest absolute Gasteiger partial charge is 0.382 e. The van der Waals surface area contributed by atoms with Gasteiger partial charge in [-0.2, -0.15) is 0 Å². The second-order valence-electron chi connectivity index (χ2n) is 2.83. The van der Waals surface area contributed by atoms with Gasteiger partial charge in [0.15, 0.2) is 0 Å². The van der Waals surface area contributed by atoms with Crippen molar-refractivity contribution in [3.8, 4) is 0 Å². The lowest BCUT2D eigenvalue weighted by atomic mass is 10.3. The molecule has 14 heavy (non-hydrogen) atoms. The molecule has 0 radical (unpaired) electrons. The second-order valence-corrected chi connectivity index (χ2v) is 2.83. The number of hydrogen-bond acceptors (Lipinski definition) is 3. The van der Waals surface area contributed by atoms with Crippen LogP contribution in [0.15, 0.2) is 12.7 Å². The zero-order valence-electron chi connectivity index (χ0n) is 8.75. The Hall–Kier alpha value is -0.870. The van der Waals surface area contributed by atoms with E-state index in [0.717, 1.165) is 12.8 Å². The highest BCUT2D eigenvalue weighted by Gasteiger charge is 1.98. The number of allylic oxidation sites excluding steroid dienone is 1. The summed E-state index contributed by atoms with van der Waals surface area (Å²) in [7, 11) is 1.60. The van der Waals surface area contributed by atoms with Crippen LogP contribution in [0.2, 0.25) is 0 Å². The summed E-state index contributed by atoms with van der Waals surface area (Å²) in [5.74, 6) is -0.0786. The first-order valence-electron chi connectivity index (χ1n) is 4.75. The van der Waals surface area contributed by atoms with Crippen molar-refractivity contribution < 1.29 is 14.3 Å². The summed E-state index contributed by atoms with van der Waals surface area (Å²) in [5.41, 5.74) is 0. The SMILES string of the molecule is C=CCCCNC(=O)COCCOC. The molecule has 0 atom stereocenters. The van der Waals surface area contributed by atoms with E-state index in [4.69, 9.17) is 9.47 Å². The minimum Gasteiger partial charge on any atom is -0.382 e. The number of carbonyl (C=O) groups excluding carboxylic acids is 1. The van der Waals surface area contributed by atoms with Gasteiger partial charge in [0.05, 0.1) is 13.2 Å². The molecule has 4 nitrogen and oxygen atoms in total. The van der Waals surface area contributed by atoms with Gasteiger partial charge in [-0.05, 0) is 12.8 Å². The van der Waals surface area contributed by atoms with Gasteiger partial charge in [0.2, 0.25) is 5.91 Å². The fourth-order valence-corrected chi connectivity index (χ4v) is 0.832. The van der Waals surface area contributed by atoms with Gasteiger partial charge in [-0.1, -0.05) is 6.08 Å². The molecule has 0 aromatic heterocycles. The van der Waals surface area contributed by atoms with Gasteiger partial charge in [-0.25, -0.2) is 0 Å². The van der Waals surface area contributed by atoms with Gasteiger partial charge in [-0.3, -0.25) is 4.79 Å². The lowest BCUT2D eigenvalue weighted by Gasteiger charge is -2.04. The first kappa shape index (κ1) is 13.1. The van der Waals surface area contributed by atoms with Crippen LogP contribution in [0.3, 0.4) is 0 Å². The highest BCUT2D eigenvalue weighted by atomic mass is 16.5. The molecular weight excluding hydrogens is 182 g/mol. The van der Waals surface area contributed by atoms with Crippen molar-refractivity contribution in [2.75, 3.05) is 33.5 Å². The molecule has 1 amide bonds. The van der Waals surface area contributed by atoms with E-state index in [9.17, 15) is 4.79 Å². The lowest BCUT2D eigenvalue weighted by molar-refractivity contribution is -0.126. The molecule has 82 valence electrons. The van der Waals surface area contributed by atoms with E-state index in [2.05, 4.69) is 11.9 Å². The molecule has 0 aliphatic heterocycles. The van der Waals surface area contributed by atoms with E-state index in [-0.39, 0.29) is 12.5 Å². The topological polar surface area (TPSA) is 47.6 Å². The molecule has 0 spiro atoms. The van der Waals surface area contributed by atoms with E-state index in [1.807, 2.05) is 6.08 Å². The normalized spacial score (nSPS) is 9.79. The first-order chi connectivity index (χ1) is 6.81. The van der Waals surface area contributed by atoms with Gasteiger partial charge in [0.25, 0.3) is 0 Å². The fraction of sp³-hybridized carbons (Fsp3) is 0.700. The average molecular weight is 201 g/mol. The predicted octanol–water partition coefficient (Wildman–Crippen LogP) is 0.732. The smallest absolute Gasteiger partial charge is 0.245 e. The summed E-state index contributed by atoms with van der Waals surface area (Å²) in [4.78, 5) is 11.1. The maximum absolute atomic E-state index is 11.1. The molecule has 0 rings (SSSR count). The highest BCUT2D eigenvalue weighted by molar-refractivity contribution is 5.77. The summed E-state index contributed by atoms with van der Waals surface area (Å²) in [6, 6.07) is 0. The van der Waals surface area contributed by atoms with Crippen LogP contribution in [-0.4, -0.2) is 39.4 Å². The maximum Gasteiger partial charge on any atom is 0.245 e. The van der Waals surface area contributed by atoms with Gasteiger partial charge >= 0.3 is 0 Å². The van der Waals surface area contributed by atoms with Crippen LogP contribution in [0.1, 0.15) is 12.8 Å². The Balaban J connectivity index is 3.15. The third kappa shape index (κ3) is 9.22. The summed E-state index contributed by atoms with van der Waals surface area (Å²) >= 11 is 0. The Morgan fingerprint density at radius 2 is 2.29 bits per heavy atom. The number of ether oxygens (including phenoxy) is 2. The van der Waals surface area contributed by atoms with Crippen LogP contribution >= 0.6 is 0 Å². The first-order valence-corrected chi connectivity index (χ1v) is 4.75. The number of amides is 1. The number of methoxy groups -OCH3 is 1. The van der Waals surface area contributed by atoms with E-state index >= 15 is 0 Å². The number of carbonyl (C=O) groups is 1. The second kappa shape index (κ2) is 10.2. The summed E-state index contributed by atoms with van der Waals surface area (Å²) in [5, 5.41) is 2.74. The molecule has 0 fully saturated rings. The molecule has 0 aliphatic rings. The Morgan fingerprint density at radius 1 is 1.50 bits per heavy atom. The lowest BCUT2D eigenvalue weighted by Crippen LogP contribution is -2.28. The highest BCUT2D eigenvalue weighted by Crippen LogP contribution is 1.86. The zero-order valence-corrected chi connectivity index (χ0v) is 8.75. The van der Waals surface area contributed by atoms with Crippen molar-refractivity contribution in [3.63, 3.8) is 0 Å². The Morgan fingerprint density at radius 3 is 2.93 bits per heavy atom. The van der Waals surface area contributed by atoms with Crippen LogP contribution in [0, 0.1) is 0 Å². The molecule has 0 aromatic rings. The van der Waals surface area contributed by atoms with Crippen LogP contribution in [0.25, 0.3) is 0 Å². The molecule has 0 saturated heterocycles. The van der Waals surface area contributed by atoms with Crippen molar-refractivity contribution in [2.24, 2.45) is 0 Å². The summed E-state index contributed by atoms with van der Waals surface area (Å²) in [6.07, 6.45) is 3.68. The van der Waals surface area contributed by atoms with E-state index in [1.54, 1.807) is 7.11 Å². The molecule has 0 heterocycles. The standard InChI is InChI=1S/C10H19NO3/c1-3-4-5-6-11-10(12)9-14-8-7-13-2/h3H,1,4-9H2,2H3,(H,11,12). The minimum atomic E-state index is -0.0786. The van der Waals surface area contributed by atoms with Crippen molar-refractivity contribution in [3.05, 3.63) is 12.7 Å². The van der Waals surface area contributed by atoms with Crippen molar-refractivity contribution in [1.82, 2.24) is 5.32 Å². The minimum absolute atomic E-state index is 0.0786. The quantitative estimate of drug-likeness (QED) is 0.442. The molecule has 4 heteroatoms. The Labute approximate surface area is 85.3 Å². The zero-order chi connectivity index (χ0) is 10.6. The van der Waals surface area contributed by atoms with Gasteiger partial charge in [0.1, 0.15) is 6.61 Å². The van der Waals surface area contributed by atoms with Crippen molar-refractivity contribution in [2.45, 2.75) is 12.8 Å². The monoisotopic (exact) mass is 201 g/mol. The van der Waals surface area contributed by atoms with Crippen molar-refractivity contribution in [1.29, 1.82) is 0 Å². The van der Waals surface area contributed by atoms with E-state index < -0.39 is 0 Å². The third-order valence-electron chi connectivity index (χ3n) is 1.57. The van der Waals surface area contributed by atoms with Gasteiger partial charge in [0, 0.05) is 13.7 Å². The van der Waals surface area contributed by atoms with E-state index in [1.165, 1.54) is 0 Å². The average Bonchev–Trinajstić information content (AvgIpc) is 2.19. The molecule has 0 bridgehead atoms. The molecule has 0 aromatic carbocycles.